The van der Waals surface area contributed by atoms with E-state index in [1.165, 1.54) is 18.9 Å². The Balaban J connectivity index is 1.83. The number of imidazole rings is 1. The lowest BCUT2D eigenvalue weighted by molar-refractivity contribution is -0.137. The number of carbonyl (C=O) groups excluding carboxylic acids is 1. The number of hydrogen-bond donors (Lipinski definition) is 0. The van der Waals surface area contributed by atoms with Crippen molar-refractivity contribution in [1.82, 2.24) is 9.55 Å². The number of methoxy groups -OCH3 is 1. The first kappa shape index (κ1) is 21.1. The molecular formula is C22H24N2O4S2. The van der Waals surface area contributed by atoms with E-state index in [1.54, 1.807) is 11.3 Å². The van der Waals surface area contributed by atoms with Crippen LogP contribution in [0.15, 0.2) is 40.3 Å². The van der Waals surface area contributed by atoms with Crippen molar-refractivity contribution in [2.75, 3.05) is 12.9 Å². The minimum absolute atomic E-state index is 0.0199. The van der Waals surface area contributed by atoms with Gasteiger partial charge in [-0.1, -0.05) is 49.0 Å². The Morgan fingerprint density at radius 1 is 1.37 bits per heavy atom. The Morgan fingerprint density at radius 2 is 2.13 bits per heavy atom. The van der Waals surface area contributed by atoms with Crippen LogP contribution in [0.3, 0.4) is 0 Å². The Bertz CT molecular complexity index is 1140. The predicted molar refractivity (Wildman–Crippen MR) is 119 cm³/mol. The molecule has 0 saturated carbocycles. The summed E-state index contributed by atoms with van der Waals surface area (Å²) in [5, 5.41) is 0.647. The molecule has 0 radical (unpaired) electrons. The molecule has 1 aromatic carbocycles. The lowest BCUT2D eigenvalue weighted by Crippen LogP contribution is -2.37. The summed E-state index contributed by atoms with van der Waals surface area (Å²) in [6, 6.07) is 10.0. The summed E-state index contributed by atoms with van der Waals surface area (Å²) >= 11 is 2.86. The predicted octanol–water partition coefficient (Wildman–Crippen LogP) is 4.01. The van der Waals surface area contributed by atoms with Crippen molar-refractivity contribution < 1.29 is 14.3 Å². The zero-order valence-electron chi connectivity index (χ0n) is 17.3. The Morgan fingerprint density at radius 3 is 2.83 bits per heavy atom. The van der Waals surface area contributed by atoms with Gasteiger partial charge in [0.05, 0.1) is 31.6 Å². The van der Waals surface area contributed by atoms with E-state index in [1.807, 2.05) is 34.9 Å². The van der Waals surface area contributed by atoms with Crippen molar-refractivity contribution in [3.63, 3.8) is 0 Å². The van der Waals surface area contributed by atoms with Crippen LogP contribution in [-0.4, -0.2) is 34.0 Å². The van der Waals surface area contributed by atoms with Gasteiger partial charge in [-0.15, -0.1) is 11.3 Å². The number of fused-ring (bicyclic) bond motifs is 2. The highest BCUT2D eigenvalue weighted by atomic mass is 32.2. The first-order valence-electron chi connectivity index (χ1n) is 9.86. The van der Waals surface area contributed by atoms with E-state index in [0.717, 1.165) is 27.3 Å². The standard InChI is InChI=1S/C22H24N2O4S2/c1-4-22(2)10-15-16(12-28-22)30-20-18(19(15)26)23-21(29-13-17(25)27-3)24(20)11-14-8-6-5-7-9-14/h5-9H,4,10-13H2,1-3H3. The highest BCUT2D eigenvalue weighted by Gasteiger charge is 2.33. The summed E-state index contributed by atoms with van der Waals surface area (Å²) in [4.78, 5) is 31.5. The van der Waals surface area contributed by atoms with Crippen LogP contribution >= 0.6 is 23.1 Å². The lowest BCUT2D eigenvalue weighted by Gasteiger charge is -2.33. The summed E-state index contributed by atoms with van der Waals surface area (Å²) in [5.74, 6) is -0.180. The monoisotopic (exact) mass is 444 g/mol. The Labute approximate surface area is 183 Å². The fraction of sp³-hybridized carbons (Fsp3) is 0.409. The van der Waals surface area contributed by atoms with Crippen molar-refractivity contribution in [3.05, 3.63) is 56.6 Å². The quantitative estimate of drug-likeness (QED) is 0.423. The van der Waals surface area contributed by atoms with Crippen LogP contribution in [0, 0.1) is 0 Å². The molecule has 1 aliphatic heterocycles. The number of aromatic nitrogens is 2. The fourth-order valence-corrected chi connectivity index (χ4v) is 5.53. The zero-order chi connectivity index (χ0) is 21.3. The second-order valence-corrected chi connectivity index (χ2v) is 9.61. The molecule has 158 valence electrons. The molecule has 0 bridgehead atoms. The first-order chi connectivity index (χ1) is 14.4. The molecule has 3 aromatic rings. The summed E-state index contributed by atoms with van der Waals surface area (Å²) in [7, 11) is 1.37. The molecule has 2 aromatic heterocycles. The largest absolute Gasteiger partial charge is 0.468 e. The molecule has 0 spiro atoms. The number of ether oxygens (including phenoxy) is 2. The normalized spacial score (nSPS) is 18.4. The number of benzene rings is 1. The van der Waals surface area contributed by atoms with Gasteiger partial charge in [0.15, 0.2) is 5.16 Å². The van der Waals surface area contributed by atoms with E-state index < -0.39 is 0 Å². The van der Waals surface area contributed by atoms with Crippen LogP contribution in [0.5, 0.6) is 0 Å². The van der Waals surface area contributed by atoms with Crippen LogP contribution in [0.25, 0.3) is 10.3 Å². The molecule has 0 aliphatic carbocycles. The highest BCUT2D eigenvalue weighted by Crippen LogP contribution is 2.35. The van der Waals surface area contributed by atoms with Crippen molar-refractivity contribution in [1.29, 1.82) is 0 Å². The van der Waals surface area contributed by atoms with E-state index in [2.05, 4.69) is 18.8 Å². The minimum atomic E-state index is -0.323. The number of thioether (sulfide) groups is 1. The van der Waals surface area contributed by atoms with Gasteiger partial charge in [-0.25, -0.2) is 4.98 Å². The van der Waals surface area contributed by atoms with Gasteiger partial charge in [-0.05, 0) is 18.9 Å². The van der Waals surface area contributed by atoms with Crippen LogP contribution in [0.4, 0.5) is 0 Å². The van der Waals surface area contributed by atoms with E-state index >= 15 is 0 Å². The third-order valence-electron chi connectivity index (χ3n) is 5.51. The van der Waals surface area contributed by atoms with Crippen molar-refractivity contribution >= 4 is 39.4 Å². The second-order valence-electron chi connectivity index (χ2n) is 7.59. The maximum absolute atomic E-state index is 13.4. The van der Waals surface area contributed by atoms with Crippen molar-refractivity contribution in [2.45, 2.75) is 50.6 Å². The average Bonchev–Trinajstić information content (AvgIpc) is 3.11. The summed E-state index contributed by atoms with van der Waals surface area (Å²) in [5.41, 5.74) is 2.05. The molecule has 1 atom stereocenters. The third-order valence-corrected chi connectivity index (χ3v) is 7.68. The number of esters is 1. The zero-order valence-corrected chi connectivity index (χ0v) is 18.9. The molecule has 0 saturated heterocycles. The molecule has 1 unspecified atom stereocenters. The maximum Gasteiger partial charge on any atom is 0.316 e. The number of carbonyl (C=O) groups is 1. The fourth-order valence-electron chi connectivity index (χ4n) is 3.50. The van der Waals surface area contributed by atoms with Gasteiger partial charge in [0.1, 0.15) is 10.3 Å². The smallest absolute Gasteiger partial charge is 0.316 e. The van der Waals surface area contributed by atoms with Crippen LogP contribution in [0.1, 0.15) is 36.3 Å². The van der Waals surface area contributed by atoms with Gasteiger partial charge >= 0.3 is 5.97 Å². The summed E-state index contributed by atoms with van der Waals surface area (Å²) < 4.78 is 12.9. The molecule has 0 fully saturated rings. The average molecular weight is 445 g/mol. The number of hydrogen-bond acceptors (Lipinski definition) is 7. The molecule has 8 heteroatoms. The third kappa shape index (κ3) is 4.04. The summed E-state index contributed by atoms with van der Waals surface area (Å²) in [6.45, 7) is 5.14. The van der Waals surface area contributed by atoms with Gasteiger partial charge in [-0.2, -0.15) is 0 Å². The van der Waals surface area contributed by atoms with E-state index in [0.29, 0.717) is 30.2 Å². The SMILES string of the molecule is CCC1(C)Cc2c(sc3c(nc(SCC(=O)OC)n3Cc3ccccc3)c2=O)CO1. The topological polar surface area (TPSA) is 70.4 Å². The molecule has 30 heavy (non-hydrogen) atoms. The van der Waals surface area contributed by atoms with Crippen molar-refractivity contribution in [2.24, 2.45) is 0 Å². The second kappa shape index (κ2) is 8.53. The number of nitrogens with zero attached hydrogens (tertiary/aromatic N) is 2. The summed E-state index contributed by atoms with van der Waals surface area (Å²) in [6.07, 6.45) is 1.44. The van der Waals surface area contributed by atoms with Gasteiger partial charge in [-0.3, -0.25) is 9.59 Å². The minimum Gasteiger partial charge on any atom is -0.468 e. The van der Waals surface area contributed by atoms with E-state index in [9.17, 15) is 9.59 Å². The van der Waals surface area contributed by atoms with Gasteiger partial charge < -0.3 is 14.0 Å². The molecule has 3 heterocycles. The van der Waals surface area contributed by atoms with E-state index in [-0.39, 0.29) is 22.8 Å². The van der Waals surface area contributed by atoms with Crippen LogP contribution in [-0.2, 0) is 33.8 Å². The molecular weight excluding hydrogens is 420 g/mol. The Hall–Kier alpha value is -2.16. The maximum atomic E-state index is 13.4. The molecule has 0 amide bonds. The molecule has 0 N–H and O–H groups in total. The van der Waals surface area contributed by atoms with E-state index in [4.69, 9.17) is 9.47 Å². The van der Waals surface area contributed by atoms with Gasteiger partial charge in [0, 0.05) is 16.9 Å². The van der Waals surface area contributed by atoms with Gasteiger partial charge in [0.2, 0.25) is 5.43 Å². The highest BCUT2D eigenvalue weighted by molar-refractivity contribution is 7.99. The van der Waals surface area contributed by atoms with Crippen molar-refractivity contribution in [3.8, 4) is 0 Å². The van der Waals surface area contributed by atoms with Crippen LogP contribution < -0.4 is 5.43 Å². The number of rotatable bonds is 6. The van der Waals surface area contributed by atoms with Gasteiger partial charge in [0.25, 0.3) is 0 Å². The first-order valence-corrected chi connectivity index (χ1v) is 11.7. The molecule has 4 rings (SSSR count). The Kier molecular flexibility index (Phi) is 5.99. The van der Waals surface area contributed by atoms with Crippen LogP contribution in [0.2, 0.25) is 0 Å². The molecule has 6 nitrogen and oxygen atoms in total. The lowest BCUT2D eigenvalue weighted by atomic mass is 9.91. The molecule has 1 aliphatic rings.